The highest BCUT2D eigenvalue weighted by Gasteiger charge is 2.37. The number of nitrogens with zero attached hydrogens (tertiary/aromatic N) is 1. The van der Waals surface area contributed by atoms with Gasteiger partial charge in [0, 0.05) is 10.0 Å². The summed E-state index contributed by atoms with van der Waals surface area (Å²) < 4.78 is 16.7. The number of ether oxygens (including phenoxy) is 3. The largest absolute Gasteiger partial charge is 0.493 e. The number of halogens is 1. The first kappa shape index (κ1) is 22.8. The lowest BCUT2D eigenvalue weighted by Crippen LogP contribution is -2.35. The van der Waals surface area contributed by atoms with Gasteiger partial charge in [0.1, 0.15) is 13.2 Å². The second-order valence-electron chi connectivity index (χ2n) is 6.00. The highest BCUT2D eigenvalue weighted by molar-refractivity contribution is 9.10. The van der Waals surface area contributed by atoms with Gasteiger partial charge in [0.05, 0.1) is 18.1 Å². The van der Waals surface area contributed by atoms with Crippen LogP contribution in [0.25, 0.3) is 6.08 Å². The van der Waals surface area contributed by atoms with Gasteiger partial charge < -0.3 is 14.2 Å². The molecule has 1 aromatic rings. The lowest BCUT2D eigenvalue weighted by atomic mass is 10.1. The molecule has 2 amide bonds. The van der Waals surface area contributed by atoms with Crippen LogP contribution < -0.4 is 9.47 Å². The lowest BCUT2D eigenvalue weighted by molar-refractivity contribution is -0.150. The molecule has 0 aromatic heterocycles. The number of imide groups is 1. The average molecular weight is 482 g/mol. The number of hydrogen-bond acceptors (Lipinski definition) is 7. The standard InChI is InChI=1S/C20H20BrNO6S/c1-5-7-27-18-13(8-14(21)10-15(18)26-4)9-16-19(24)22(20(25)29-16)11-17(23)28-12(3)6-2/h1,8-10,12H,6-7,11H2,2-4H3/b16-9+/t12-/m0/s1. The Labute approximate surface area is 181 Å². The Morgan fingerprint density at radius 1 is 1.41 bits per heavy atom. The van der Waals surface area contributed by atoms with Crippen molar-refractivity contribution < 1.29 is 28.6 Å². The molecule has 0 aliphatic carbocycles. The number of amides is 2. The molecule has 29 heavy (non-hydrogen) atoms. The minimum Gasteiger partial charge on any atom is -0.493 e. The molecule has 0 bridgehead atoms. The average Bonchev–Trinajstić information content (AvgIpc) is 2.93. The van der Waals surface area contributed by atoms with Crippen molar-refractivity contribution >= 4 is 50.9 Å². The zero-order chi connectivity index (χ0) is 21.6. The summed E-state index contributed by atoms with van der Waals surface area (Å²) in [7, 11) is 1.48. The molecule has 1 aliphatic heterocycles. The number of rotatable bonds is 8. The number of carbonyl (C=O) groups is 3. The molecular weight excluding hydrogens is 462 g/mol. The molecule has 1 atom stereocenters. The highest BCUT2D eigenvalue weighted by atomic mass is 79.9. The van der Waals surface area contributed by atoms with Gasteiger partial charge in [-0.15, -0.1) is 6.42 Å². The number of hydrogen-bond donors (Lipinski definition) is 0. The van der Waals surface area contributed by atoms with Crippen LogP contribution in [0.4, 0.5) is 4.79 Å². The van der Waals surface area contributed by atoms with Gasteiger partial charge in [-0.05, 0) is 43.3 Å². The van der Waals surface area contributed by atoms with E-state index in [1.165, 1.54) is 13.2 Å². The summed E-state index contributed by atoms with van der Waals surface area (Å²) in [6, 6.07) is 3.40. The summed E-state index contributed by atoms with van der Waals surface area (Å²) in [5, 5.41) is -0.546. The summed E-state index contributed by atoms with van der Waals surface area (Å²) >= 11 is 4.11. The molecule has 1 aromatic carbocycles. The number of thioether (sulfide) groups is 1. The molecule has 9 heteroatoms. The van der Waals surface area contributed by atoms with Gasteiger partial charge >= 0.3 is 5.97 Å². The van der Waals surface area contributed by atoms with E-state index in [2.05, 4.69) is 21.9 Å². The summed E-state index contributed by atoms with van der Waals surface area (Å²) in [6.45, 7) is 3.17. The lowest BCUT2D eigenvalue weighted by Gasteiger charge is -2.15. The van der Waals surface area contributed by atoms with E-state index < -0.39 is 23.7 Å². The van der Waals surface area contributed by atoms with Gasteiger partial charge in [-0.25, -0.2) is 0 Å². The molecule has 1 fully saturated rings. The third kappa shape index (κ3) is 5.78. The fraction of sp³-hybridized carbons (Fsp3) is 0.350. The van der Waals surface area contributed by atoms with Crippen LogP contribution in [0.3, 0.4) is 0 Å². The van der Waals surface area contributed by atoms with Crippen molar-refractivity contribution in [1.82, 2.24) is 4.90 Å². The molecule has 154 valence electrons. The van der Waals surface area contributed by atoms with Gasteiger partial charge in [-0.1, -0.05) is 28.8 Å². The van der Waals surface area contributed by atoms with E-state index in [0.717, 1.165) is 16.7 Å². The molecule has 0 unspecified atom stereocenters. The summed E-state index contributed by atoms with van der Waals surface area (Å²) in [4.78, 5) is 37.9. The molecule has 7 nitrogen and oxygen atoms in total. The van der Waals surface area contributed by atoms with Gasteiger partial charge in [0.2, 0.25) is 0 Å². The molecule has 0 saturated carbocycles. The molecular formula is C20H20BrNO6S. The van der Waals surface area contributed by atoms with E-state index in [-0.39, 0.29) is 17.6 Å². The Hall–Kier alpha value is -2.44. The molecule has 0 N–H and O–H groups in total. The Morgan fingerprint density at radius 2 is 2.14 bits per heavy atom. The van der Waals surface area contributed by atoms with Crippen molar-refractivity contribution in [3.8, 4) is 23.8 Å². The Morgan fingerprint density at radius 3 is 2.76 bits per heavy atom. The van der Waals surface area contributed by atoms with Crippen LogP contribution in [0.5, 0.6) is 11.5 Å². The van der Waals surface area contributed by atoms with Crippen LogP contribution >= 0.6 is 27.7 Å². The van der Waals surface area contributed by atoms with Crippen molar-refractivity contribution in [1.29, 1.82) is 0 Å². The van der Waals surface area contributed by atoms with Crippen LogP contribution in [0.15, 0.2) is 21.5 Å². The summed E-state index contributed by atoms with van der Waals surface area (Å²) in [5.41, 5.74) is 0.499. The zero-order valence-corrected chi connectivity index (χ0v) is 18.6. The number of benzene rings is 1. The summed E-state index contributed by atoms with van der Waals surface area (Å²) in [6.07, 6.45) is 7.12. The molecule has 1 heterocycles. The van der Waals surface area contributed by atoms with Crippen molar-refractivity contribution in [2.75, 3.05) is 20.3 Å². The van der Waals surface area contributed by atoms with Crippen molar-refractivity contribution in [3.05, 3.63) is 27.1 Å². The second-order valence-corrected chi connectivity index (χ2v) is 7.90. The van der Waals surface area contributed by atoms with Gasteiger partial charge in [0.15, 0.2) is 11.5 Å². The number of esters is 1. The predicted octanol–water partition coefficient (Wildman–Crippen LogP) is 3.85. The maximum atomic E-state index is 12.7. The number of carbonyl (C=O) groups excluding carboxylic acids is 3. The zero-order valence-electron chi connectivity index (χ0n) is 16.2. The van der Waals surface area contributed by atoms with Crippen LogP contribution in [0.2, 0.25) is 0 Å². The fourth-order valence-electron chi connectivity index (χ4n) is 2.37. The van der Waals surface area contributed by atoms with Crippen LogP contribution in [-0.2, 0) is 14.3 Å². The van der Waals surface area contributed by atoms with Gasteiger partial charge in [-0.2, -0.15) is 0 Å². The Bertz CT molecular complexity index is 892. The summed E-state index contributed by atoms with van der Waals surface area (Å²) in [5.74, 6) is 1.92. The van der Waals surface area contributed by atoms with Crippen molar-refractivity contribution in [3.63, 3.8) is 0 Å². The molecule has 1 aliphatic rings. The first-order valence-electron chi connectivity index (χ1n) is 8.69. The van der Waals surface area contributed by atoms with Crippen LogP contribution in [0, 0.1) is 12.3 Å². The van der Waals surface area contributed by atoms with Gasteiger partial charge in [-0.3, -0.25) is 19.3 Å². The van der Waals surface area contributed by atoms with E-state index >= 15 is 0 Å². The number of terminal acetylenes is 1. The van der Waals surface area contributed by atoms with Crippen LogP contribution in [0.1, 0.15) is 25.8 Å². The topological polar surface area (TPSA) is 82.1 Å². The van der Waals surface area contributed by atoms with Crippen molar-refractivity contribution in [2.45, 2.75) is 26.4 Å². The van der Waals surface area contributed by atoms with E-state index in [0.29, 0.717) is 28.0 Å². The third-order valence-electron chi connectivity index (χ3n) is 3.92. The molecule has 2 rings (SSSR count). The van der Waals surface area contributed by atoms with Crippen molar-refractivity contribution in [2.24, 2.45) is 0 Å². The number of methoxy groups -OCH3 is 1. The first-order chi connectivity index (χ1) is 13.8. The smallest absolute Gasteiger partial charge is 0.326 e. The van der Waals surface area contributed by atoms with E-state index in [9.17, 15) is 14.4 Å². The monoisotopic (exact) mass is 481 g/mol. The van der Waals surface area contributed by atoms with E-state index in [4.69, 9.17) is 20.6 Å². The third-order valence-corrected chi connectivity index (χ3v) is 5.29. The minimum absolute atomic E-state index is 0.00175. The maximum Gasteiger partial charge on any atom is 0.326 e. The molecule has 0 radical (unpaired) electrons. The maximum absolute atomic E-state index is 12.7. The molecule has 1 saturated heterocycles. The van der Waals surface area contributed by atoms with E-state index in [1.54, 1.807) is 19.1 Å². The highest BCUT2D eigenvalue weighted by Crippen LogP contribution is 2.39. The minimum atomic E-state index is -0.634. The SMILES string of the molecule is C#CCOc1c(/C=C2/SC(=O)N(CC(=O)O[C@@H](C)CC)C2=O)cc(Br)cc1OC. The van der Waals surface area contributed by atoms with E-state index in [1.807, 2.05) is 6.92 Å². The fourth-order valence-corrected chi connectivity index (χ4v) is 3.65. The first-order valence-corrected chi connectivity index (χ1v) is 10.3. The van der Waals surface area contributed by atoms with Gasteiger partial charge in [0.25, 0.3) is 11.1 Å². The Kier molecular flexibility index (Phi) is 8.17. The Balaban J connectivity index is 2.30. The predicted molar refractivity (Wildman–Crippen MR) is 114 cm³/mol. The quantitative estimate of drug-likeness (QED) is 0.316. The normalized spacial score (nSPS) is 16.0. The molecule has 0 spiro atoms. The van der Waals surface area contributed by atoms with Crippen LogP contribution in [-0.4, -0.2) is 48.4 Å². The second kappa shape index (κ2) is 10.4.